The molecule has 1 N–H and O–H groups in total. The third-order valence-corrected chi connectivity index (χ3v) is 4.36. The maximum absolute atomic E-state index is 12.7. The average molecular weight is 248 g/mol. The number of carbonyl (C=O) groups excluding carboxylic acids is 1. The number of hydrogen-bond acceptors (Lipinski definition) is 2. The van der Waals surface area contributed by atoms with Crippen LogP contribution in [-0.4, -0.2) is 42.2 Å². The van der Waals surface area contributed by atoms with Gasteiger partial charge in [-0.25, -0.2) is 0 Å². The van der Waals surface area contributed by atoms with Crippen LogP contribution in [0.5, 0.6) is 0 Å². The quantitative estimate of drug-likeness (QED) is 0.763. The molecule has 3 nitrogen and oxygen atoms in total. The van der Waals surface area contributed by atoms with Gasteiger partial charge in [0.25, 0.3) is 0 Å². The molecule has 2 saturated carbocycles. The number of carbonyl (C=O) groups is 1. The minimum atomic E-state index is -4.12. The predicted molar refractivity (Wildman–Crippen MR) is 54.2 cm³/mol. The highest BCUT2D eigenvalue weighted by Gasteiger charge is 2.65. The Balaban J connectivity index is 1.50. The molecule has 1 heterocycles. The first kappa shape index (κ1) is 11.3. The highest BCUT2D eigenvalue weighted by molar-refractivity contribution is 5.49. The van der Waals surface area contributed by atoms with E-state index in [0.29, 0.717) is 13.1 Å². The maximum atomic E-state index is 12.7. The molecule has 96 valence electrons. The molecule has 0 aromatic rings. The van der Waals surface area contributed by atoms with Crippen molar-refractivity contribution >= 4 is 6.41 Å². The first-order valence-electron chi connectivity index (χ1n) is 5.92. The zero-order chi connectivity index (χ0) is 12.3. The summed E-state index contributed by atoms with van der Waals surface area (Å²) in [4.78, 5) is 12.1. The van der Waals surface area contributed by atoms with Crippen LogP contribution in [0, 0.1) is 5.41 Å². The van der Waals surface area contributed by atoms with Crippen molar-refractivity contribution in [3.05, 3.63) is 0 Å². The van der Waals surface area contributed by atoms with Gasteiger partial charge in [-0.3, -0.25) is 4.79 Å². The Bertz CT molecular complexity index is 337. The summed E-state index contributed by atoms with van der Waals surface area (Å²) in [5, 5.41) is 2.77. The lowest BCUT2D eigenvalue weighted by Gasteiger charge is -2.58. The number of hydrogen-bond donors (Lipinski definition) is 1. The molecule has 3 rings (SSSR count). The van der Waals surface area contributed by atoms with Gasteiger partial charge in [-0.05, 0) is 25.7 Å². The molecule has 1 amide bonds. The van der Waals surface area contributed by atoms with Crippen molar-refractivity contribution in [3.63, 3.8) is 0 Å². The van der Waals surface area contributed by atoms with E-state index in [-0.39, 0.29) is 24.3 Å². The smallest absolute Gasteiger partial charge is 0.344 e. The van der Waals surface area contributed by atoms with Crippen LogP contribution in [0.3, 0.4) is 0 Å². The van der Waals surface area contributed by atoms with Crippen LogP contribution < -0.4 is 5.32 Å². The van der Waals surface area contributed by atoms with E-state index in [2.05, 4.69) is 5.32 Å². The van der Waals surface area contributed by atoms with Crippen molar-refractivity contribution in [2.24, 2.45) is 5.41 Å². The largest absolute Gasteiger partial charge is 0.406 e. The third-order valence-electron chi connectivity index (χ3n) is 4.36. The minimum absolute atomic E-state index is 0.0204. The van der Waals surface area contributed by atoms with E-state index < -0.39 is 11.7 Å². The van der Waals surface area contributed by atoms with Gasteiger partial charge in [0, 0.05) is 24.5 Å². The van der Waals surface area contributed by atoms with E-state index in [1.165, 1.54) is 0 Å². The molecule has 2 aliphatic carbocycles. The Labute approximate surface area is 97.3 Å². The van der Waals surface area contributed by atoms with Crippen LogP contribution in [0.4, 0.5) is 13.2 Å². The normalized spacial score (nSPS) is 29.7. The second kappa shape index (κ2) is 3.16. The fraction of sp³-hybridized carbons (Fsp3) is 0.909. The lowest BCUT2D eigenvalue weighted by atomic mass is 9.60. The fourth-order valence-electron chi connectivity index (χ4n) is 3.26. The second-order valence-corrected chi connectivity index (χ2v) is 5.84. The van der Waals surface area contributed by atoms with Crippen LogP contribution in [-0.2, 0) is 4.79 Å². The van der Waals surface area contributed by atoms with Crippen LogP contribution in [0.1, 0.15) is 25.7 Å². The van der Waals surface area contributed by atoms with Crippen LogP contribution in [0.25, 0.3) is 0 Å². The molecular weight excluding hydrogens is 233 g/mol. The van der Waals surface area contributed by atoms with E-state index >= 15 is 0 Å². The van der Waals surface area contributed by atoms with Gasteiger partial charge in [-0.2, -0.15) is 13.2 Å². The van der Waals surface area contributed by atoms with Crippen LogP contribution in [0.2, 0.25) is 0 Å². The van der Waals surface area contributed by atoms with Gasteiger partial charge in [0.2, 0.25) is 6.41 Å². The second-order valence-electron chi connectivity index (χ2n) is 5.84. The van der Waals surface area contributed by atoms with Crippen molar-refractivity contribution in [2.45, 2.75) is 43.4 Å². The summed E-state index contributed by atoms with van der Waals surface area (Å²) in [6, 6.07) is -0.0204. The molecule has 0 bridgehead atoms. The van der Waals surface area contributed by atoms with Gasteiger partial charge < -0.3 is 10.2 Å². The fourth-order valence-corrected chi connectivity index (χ4v) is 3.26. The Morgan fingerprint density at radius 3 is 2.24 bits per heavy atom. The summed E-state index contributed by atoms with van der Waals surface area (Å²) in [5.74, 6) is 0. The molecule has 17 heavy (non-hydrogen) atoms. The van der Waals surface area contributed by atoms with Gasteiger partial charge in [-0.1, -0.05) is 0 Å². The molecule has 0 radical (unpaired) electrons. The van der Waals surface area contributed by atoms with Crippen molar-refractivity contribution in [1.29, 1.82) is 0 Å². The van der Waals surface area contributed by atoms with Crippen LogP contribution >= 0.6 is 0 Å². The van der Waals surface area contributed by atoms with E-state index in [1.807, 2.05) is 0 Å². The van der Waals surface area contributed by atoms with E-state index in [9.17, 15) is 18.0 Å². The Kier molecular flexibility index (Phi) is 2.10. The molecule has 3 fully saturated rings. The number of nitrogens with zero attached hydrogens (tertiary/aromatic N) is 1. The molecule has 1 spiro atoms. The zero-order valence-corrected chi connectivity index (χ0v) is 9.39. The Morgan fingerprint density at radius 2 is 1.82 bits per heavy atom. The standard InChI is InChI=1S/C11H15F3N2O/c12-11(13,14)10(1-2-10)15-8-3-9(4-8)5-16(6-9)7-17/h7-8,15H,1-6H2. The number of alkyl halides is 3. The van der Waals surface area contributed by atoms with E-state index in [4.69, 9.17) is 0 Å². The lowest BCUT2D eigenvalue weighted by Crippen LogP contribution is -2.67. The molecule has 0 atom stereocenters. The van der Waals surface area contributed by atoms with E-state index in [1.54, 1.807) is 4.90 Å². The summed E-state index contributed by atoms with van der Waals surface area (Å²) in [6.45, 7) is 1.43. The molecule has 3 aliphatic rings. The van der Waals surface area contributed by atoms with Gasteiger partial charge in [0.05, 0.1) is 0 Å². The Hall–Kier alpha value is -0.780. The van der Waals surface area contributed by atoms with Gasteiger partial charge in [0.1, 0.15) is 5.54 Å². The summed E-state index contributed by atoms with van der Waals surface area (Å²) in [6.07, 6.45) is -1.35. The minimum Gasteiger partial charge on any atom is -0.344 e. The SMILES string of the molecule is O=CN1CC2(CC(NC3(C(F)(F)F)CC3)C2)C1. The first-order chi connectivity index (χ1) is 7.88. The summed E-state index contributed by atoms with van der Waals surface area (Å²) >= 11 is 0. The van der Waals surface area contributed by atoms with Gasteiger partial charge in [0.15, 0.2) is 0 Å². The van der Waals surface area contributed by atoms with Crippen molar-refractivity contribution < 1.29 is 18.0 Å². The molecule has 0 aromatic heterocycles. The lowest BCUT2D eigenvalue weighted by molar-refractivity contribution is -0.176. The van der Waals surface area contributed by atoms with Gasteiger partial charge in [-0.15, -0.1) is 0 Å². The van der Waals surface area contributed by atoms with Crippen molar-refractivity contribution in [2.75, 3.05) is 13.1 Å². The average Bonchev–Trinajstić information content (AvgIpc) is 2.86. The highest BCUT2D eigenvalue weighted by atomic mass is 19.4. The number of amides is 1. The molecular formula is C11H15F3N2O. The number of nitrogens with one attached hydrogen (secondary N) is 1. The van der Waals surface area contributed by atoms with E-state index in [0.717, 1.165) is 19.3 Å². The number of likely N-dealkylation sites (tertiary alicyclic amines) is 1. The zero-order valence-electron chi connectivity index (χ0n) is 9.39. The molecule has 1 saturated heterocycles. The predicted octanol–water partition coefficient (Wildman–Crippen LogP) is 1.29. The molecule has 1 aliphatic heterocycles. The van der Waals surface area contributed by atoms with Gasteiger partial charge >= 0.3 is 6.18 Å². The summed E-state index contributed by atoms with van der Waals surface area (Å²) in [7, 11) is 0. The molecule has 0 unspecified atom stereocenters. The number of rotatable bonds is 3. The summed E-state index contributed by atoms with van der Waals surface area (Å²) < 4.78 is 38.1. The first-order valence-corrected chi connectivity index (χ1v) is 5.92. The Morgan fingerprint density at radius 1 is 1.24 bits per heavy atom. The van der Waals surface area contributed by atoms with Crippen molar-refractivity contribution in [1.82, 2.24) is 10.2 Å². The van der Waals surface area contributed by atoms with Crippen molar-refractivity contribution in [3.8, 4) is 0 Å². The molecule has 0 aromatic carbocycles. The summed E-state index contributed by atoms with van der Waals surface area (Å²) in [5.41, 5.74) is -1.46. The third kappa shape index (κ3) is 1.64. The highest BCUT2D eigenvalue weighted by Crippen LogP contribution is 2.53. The monoisotopic (exact) mass is 248 g/mol. The molecule has 6 heteroatoms. The van der Waals surface area contributed by atoms with Crippen LogP contribution in [0.15, 0.2) is 0 Å². The maximum Gasteiger partial charge on any atom is 0.406 e. The topological polar surface area (TPSA) is 32.3 Å². The number of halogens is 3.